The fourth-order valence-electron chi connectivity index (χ4n) is 6.81. The minimum atomic E-state index is -0.905. The fraction of sp³-hybridized carbons (Fsp3) is 0.622. The first-order valence-electron chi connectivity index (χ1n) is 17.1. The van der Waals surface area contributed by atoms with E-state index in [-0.39, 0.29) is 30.4 Å². The van der Waals surface area contributed by atoms with Crippen LogP contribution < -0.4 is 9.47 Å². The molecule has 264 valence electrons. The molecule has 3 aliphatic rings. The lowest BCUT2D eigenvalue weighted by Gasteiger charge is -2.36. The predicted octanol–water partition coefficient (Wildman–Crippen LogP) is 7.67. The highest BCUT2D eigenvalue weighted by molar-refractivity contribution is 8.19. The number of unbranched alkanes of at least 4 members (excludes halogenated alkanes) is 1. The Morgan fingerprint density at radius 3 is 1.90 bits per heavy atom. The summed E-state index contributed by atoms with van der Waals surface area (Å²) in [5, 5.41) is 19.1. The quantitative estimate of drug-likeness (QED) is 0.0905. The van der Waals surface area contributed by atoms with E-state index in [1.54, 1.807) is 6.07 Å². The second-order valence-corrected chi connectivity index (χ2v) is 16.6. The van der Waals surface area contributed by atoms with Crippen LogP contribution in [0.5, 0.6) is 11.5 Å². The van der Waals surface area contributed by atoms with Gasteiger partial charge in [-0.2, -0.15) is 10.5 Å². The van der Waals surface area contributed by atoms with Crippen molar-refractivity contribution >= 4 is 47.4 Å². The lowest BCUT2D eigenvalue weighted by atomic mass is 9.69. The first kappa shape index (κ1) is 38.3. The highest BCUT2D eigenvalue weighted by Gasteiger charge is 2.40. The summed E-state index contributed by atoms with van der Waals surface area (Å²) in [6.07, 6.45) is 9.24. The highest BCUT2D eigenvalue weighted by Crippen LogP contribution is 2.60. The van der Waals surface area contributed by atoms with Gasteiger partial charge in [0.2, 0.25) is 0 Å². The Labute approximate surface area is 297 Å². The lowest BCUT2D eigenvalue weighted by molar-refractivity contribution is -0.151. The van der Waals surface area contributed by atoms with Crippen molar-refractivity contribution in [2.45, 2.75) is 112 Å². The van der Waals surface area contributed by atoms with Crippen molar-refractivity contribution in [1.29, 1.82) is 10.5 Å². The van der Waals surface area contributed by atoms with Gasteiger partial charge in [-0.25, -0.2) is 4.79 Å². The number of nitrogens with zero attached hydrogens (tertiary/aromatic N) is 2. The normalized spacial score (nSPS) is 23.4. The number of hydrogen-bond donors (Lipinski definition) is 0. The second kappa shape index (κ2) is 17.4. The molecule has 1 aliphatic heterocycles. The van der Waals surface area contributed by atoms with E-state index < -0.39 is 27.9 Å². The third-order valence-corrected chi connectivity index (χ3v) is 12.5. The van der Waals surface area contributed by atoms with Crippen molar-refractivity contribution < 1.29 is 38.1 Å². The monoisotopic (exact) mass is 710 g/mol. The topological polar surface area (TPSA) is 153 Å². The van der Waals surface area contributed by atoms with Gasteiger partial charge in [-0.05, 0) is 87.5 Å². The molecule has 1 heterocycles. The second-order valence-electron chi connectivity index (χ2n) is 14.0. The molecule has 0 radical (unpaired) electrons. The van der Waals surface area contributed by atoms with E-state index in [2.05, 4.69) is 6.58 Å². The SMILES string of the molecule is C=CC(=O)OCCCCOC(=O)C1CCC(C2CCC(C(=O)Oc3cc(C(C)(C)C)c(OC(C)=O)c4c3SC(C(C#N)C#N)S4)CC2)CC1. The molecule has 0 bridgehead atoms. The number of ether oxygens (including phenoxy) is 4. The van der Waals surface area contributed by atoms with E-state index in [4.69, 9.17) is 18.9 Å². The summed E-state index contributed by atoms with van der Waals surface area (Å²) in [4.78, 5) is 50.6. The van der Waals surface area contributed by atoms with E-state index in [9.17, 15) is 29.7 Å². The minimum absolute atomic E-state index is 0.0830. The number of benzene rings is 1. The van der Waals surface area contributed by atoms with Gasteiger partial charge in [-0.3, -0.25) is 14.4 Å². The third kappa shape index (κ3) is 10.0. The van der Waals surface area contributed by atoms with Crippen molar-refractivity contribution in [2.75, 3.05) is 13.2 Å². The van der Waals surface area contributed by atoms with Crippen LogP contribution >= 0.6 is 23.5 Å². The molecule has 10 nitrogen and oxygen atoms in total. The van der Waals surface area contributed by atoms with Gasteiger partial charge >= 0.3 is 23.9 Å². The molecule has 0 N–H and O–H groups in total. The van der Waals surface area contributed by atoms with Crippen molar-refractivity contribution in [3.05, 3.63) is 24.3 Å². The van der Waals surface area contributed by atoms with Crippen LogP contribution in [0.15, 0.2) is 28.5 Å². The molecule has 4 rings (SSSR count). The molecule has 1 aromatic rings. The Morgan fingerprint density at radius 1 is 0.857 bits per heavy atom. The average molecular weight is 711 g/mol. The van der Waals surface area contributed by atoms with Crippen LogP contribution in [0.4, 0.5) is 0 Å². The largest absolute Gasteiger partial charge is 0.465 e. The van der Waals surface area contributed by atoms with Crippen molar-refractivity contribution in [1.82, 2.24) is 0 Å². The first-order chi connectivity index (χ1) is 23.4. The number of hydrogen-bond acceptors (Lipinski definition) is 12. The molecule has 49 heavy (non-hydrogen) atoms. The maximum atomic E-state index is 13.6. The molecule has 0 aromatic heterocycles. The van der Waals surface area contributed by atoms with Crippen LogP contribution in [0.3, 0.4) is 0 Å². The van der Waals surface area contributed by atoms with Gasteiger partial charge in [-0.1, -0.05) is 27.4 Å². The maximum absolute atomic E-state index is 13.6. The molecular weight excluding hydrogens is 665 g/mol. The van der Waals surface area contributed by atoms with Gasteiger partial charge in [0.05, 0.1) is 51.6 Å². The third-order valence-electron chi connectivity index (χ3n) is 9.51. The van der Waals surface area contributed by atoms with E-state index in [0.717, 1.165) is 57.4 Å². The Morgan fingerprint density at radius 2 is 1.39 bits per heavy atom. The minimum Gasteiger partial charge on any atom is -0.465 e. The van der Waals surface area contributed by atoms with Crippen LogP contribution in [0, 0.1) is 52.3 Å². The Hall–Kier alpha value is -3.48. The number of esters is 4. The Balaban J connectivity index is 1.32. The summed E-state index contributed by atoms with van der Waals surface area (Å²) in [5.41, 5.74) is 0.254. The van der Waals surface area contributed by atoms with Crippen LogP contribution in [-0.4, -0.2) is 41.7 Å². The van der Waals surface area contributed by atoms with Crippen molar-refractivity contribution in [2.24, 2.45) is 29.6 Å². The molecular formula is C37H46N2O8S2. The summed E-state index contributed by atoms with van der Waals surface area (Å²) >= 11 is 2.59. The Bertz CT molecular complexity index is 1480. The van der Waals surface area contributed by atoms with Crippen LogP contribution in [0.25, 0.3) is 0 Å². The summed E-state index contributed by atoms with van der Waals surface area (Å²) in [7, 11) is 0. The van der Waals surface area contributed by atoms with E-state index in [1.807, 2.05) is 32.9 Å². The van der Waals surface area contributed by atoms with Gasteiger partial charge in [0, 0.05) is 18.6 Å². The van der Waals surface area contributed by atoms with Gasteiger partial charge in [0.15, 0.2) is 5.92 Å². The van der Waals surface area contributed by atoms with Crippen LogP contribution in [-0.2, 0) is 34.1 Å². The number of rotatable bonds is 12. The zero-order valence-electron chi connectivity index (χ0n) is 28.8. The number of nitriles is 2. The zero-order chi connectivity index (χ0) is 35.7. The summed E-state index contributed by atoms with van der Waals surface area (Å²) in [6, 6.07) is 5.87. The van der Waals surface area contributed by atoms with E-state index in [1.165, 1.54) is 30.4 Å². The molecule has 2 fully saturated rings. The molecule has 0 amide bonds. The number of carbonyl (C=O) groups is 4. The van der Waals surface area contributed by atoms with E-state index in [0.29, 0.717) is 58.1 Å². The molecule has 2 aliphatic carbocycles. The smallest absolute Gasteiger partial charge is 0.330 e. The molecule has 1 atom stereocenters. The van der Waals surface area contributed by atoms with Crippen LogP contribution in [0.1, 0.15) is 97.5 Å². The highest BCUT2D eigenvalue weighted by atomic mass is 32.2. The molecule has 12 heteroatoms. The van der Waals surface area contributed by atoms with Crippen molar-refractivity contribution in [3.8, 4) is 23.6 Å². The molecule has 2 saturated carbocycles. The molecule has 1 unspecified atom stereocenters. The number of carbonyl (C=O) groups excluding carboxylic acids is 4. The molecule has 0 saturated heterocycles. The summed E-state index contributed by atoms with van der Waals surface area (Å²) in [6.45, 7) is 11.2. The molecule has 1 aromatic carbocycles. The Kier molecular flexibility index (Phi) is 13.6. The van der Waals surface area contributed by atoms with Crippen LogP contribution in [0.2, 0.25) is 0 Å². The molecule has 0 spiro atoms. The standard InChI is InChI=1S/C37H46N2O8S2/c1-6-30(41)44-17-7-8-18-45-34(42)25-13-9-23(10-14-25)24-11-15-26(16-12-24)35(43)47-29-19-28(37(3,4)5)31(46-22(2)40)33-32(29)48-36(49-33)27(20-38)21-39/h6,19,23-27,36H,1,7-18H2,2-5H3. The zero-order valence-corrected chi connectivity index (χ0v) is 30.4. The summed E-state index contributed by atoms with van der Waals surface area (Å²) in [5.74, 6) is -0.826. The van der Waals surface area contributed by atoms with Gasteiger partial charge in [-0.15, -0.1) is 23.5 Å². The first-order valence-corrected chi connectivity index (χ1v) is 18.8. The van der Waals surface area contributed by atoms with Crippen molar-refractivity contribution in [3.63, 3.8) is 0 Å². The van der Waals surface area contributed by atoms with E-state index >= 15 is 0 Å². The summed E-state index contributed by atoms with van der Waals surface area (Å²) < 4.78 is 21.8. The fourth-order valence-corrected chi connectivity index (χ4v) is 9.73. The van der Waals surface area contributed by atoms with Gasteiger partial charge in [0.25, 0.3) is 0 Å². The lowest BCUT2D eigenvalue weighted by Crippen LogP contribution is -2.31. The van der Waals surface area contributed by atoms with Gasteiger partial charge < -0.3 is 18.9 Å². The average Bonchev–Trinajstić information content (AvgIpc) is 3.53. The number of thioether (sulfide) groups is 2. The number of fused-ring (bicyclic) bond motifs is 1. The maximum Gasteiger partial charge on any atom is 0.330 e. The van der Waals surface area contributed by atoms with Gasteiger partial charge in [0.1, 0.15) is 11.5 Å². The predicted molar refractivity (Wildman–Crippen MR) is 185 cm³/mol.